The second-order valence-electron chi connectivity index (χ2n) is 7.70. The number of nitrogens with zero attached hydrogens (tertiary/aromatic N) is 6. The monoisotopic (exact) mass is 378 g/mol. The number of benzene rings is 1. The maximum Gasteiger partial charge on any atom is 0.247 e. The van der Waals surface area contributed by atoms with Gasteiger partial charge in [-0.1, -0.05) is 30.3 Å². The van der Waals surface area contributed by atoms with Crippen molar-refractivity contribution < 1.29 is 0 Å². The molecule has 1 aromatic carbocycles. The zero-order chi connectivity index (χ0) is 18.9. The van der Waals surface area contributed by atoms with E-state index < -0.39 is 0 Å². The maximum absolute atomic E-state index is 4.99. The van der Waals surface area contributed by atoms with Gasteiger partial charge in [-0.15, -0.1) is 5.10 Å². The SMILES string of the molecule is CN1CCN(C2=NC(c3ccccc3)NC(Nc3ncn(C4CC4)n3)=C2)CC1. The Bertz CT molecular complexity index is 875. The van der Waals surface area contributed by atoms with E-state index >= 15 is 0 Å². The van der Waals surface area contributed by atoms with Crippen molar-refractivity contribution >= 4 is 11.8 Å². The summed E-state index contributed by atoms with van der Waals surface area (Å²) in [6.07, 6.45) is 6.14. The molecule has 1 saturated carbocycles. The summed E-state index contributed by atoms with van der Waals surface area (Å²) in [5.41, 5.74) is 1.14. The summed E-state index contributed by atoms with van der Waals surface area (Å²) in [5, 5.41) is 11.4. The van der Waals surface area contributed by atoms with E-state index in [1.807, 2.05) is 29.2 Å². The number of anilines is 1. The molecule has 1 aliphatic carbocycles. The molecule has 8 nitrogen and oxygen atoms in total. The fourth-order valence-electron chi connectivity index (χ4n) is 3.56. The first-order chi connectivity index (χ1) is 13.7. The highest BCUT2D eigenvalue weighted by Crippen LogP contribution is 2.34. The van der Waals surface area contributed by atoms with E-state index in [-0.39, 0.29) is 6.17 Å². The van der Waals surface area contributed by atoms with E-state index in [1.165, 1.54) is 12.8 Å². The average molecular weight is 378 g/mol. The second-order valence-corrected chi connectivity index (χ2v) is 7.70. The van der Waals surface area contributed by atoms with Crippen LogP contribution in [0.15, 0.2) is 53.5 Å². The summed E-state index contributed by atoms with van der Waals surface area (Å²) in [6.45, 7) is 4.06. The molecule has 28 heavy (non-hydrogen) atoms. The Labute approximate surface area is 165 Å². The Hall–Kier alpha value is -2.87. The molecule has 0 spiro atoms. The molecule has 3 aliphatic rings. The lowest BCUT2D eigenvalue weighted by Gasteiger charge is -2.36. The number of nitrogens with one attached hydrogen (secondary N) is 2. The van der Waals surface area contributed by atoms with Crippen molar-refractivity contribution in [2.45, 2.75) is 25.0 Å². The van der Waals surface area contributed by atoms with E-state index in [1.54, 1.807) is 0 Å². The van der Waals surface area contributed by atoms with Gasteiger partial charge in [-0.2, -0.15) is 0 Å². The topological polar surface area (TPSA) is 73.6 Å². The van der Waals surface area contributed by atoms with Crippen molar-refractivity contribution in [3.63, 3.8) is 0 Å². The number of piperazine rings is 1. The zero-order valence-electron chi connectivity index (χ0n) is 16.1. The first kappa shape index (κ1) is 17.2. The Morgan fingerprint density at radius 2 is 1.86 bits per heavy atom. The third-order valence-corrected chi connectivity index (χ3v) is 5.45. The molecule has 2 aliphatic heterocycles. The van der Waals surface area contributed by atoms with Crippen LogP contribution in [0.4, 0.5) is 5.95 Å². The Balaban J connectivity index is 1.39. The van der Waals surface area contributed by atoms with Gasteiger partial charge in [0.05, 0.1) is 6.04 Å². The first-order valence-electron chi connectivity index (χ1n) is 9.97. The molecule has 2 N–H and O–H groups in total. The minimum absolute atomic E-state index is 0.131. The number of likely N-dealkylation sites (N-methyl/N-ethyl adjacent to an activating group) is 1. The molecule has 2 fully saturated rings. The van der Waals surface area contributed by atoms with Crippen LogP contribution in [0, 0.1) is 0 Å². The molecular weight excluding hydrogens is 352 g/mol. The van der Waals surface area contributed by atoms with Crippen LogP contribution in [-0.4, -0.2) is 63.6 Å². The van der Waals surface area contributed by atoms with E-state index in [9.17, 15) is 0 Å². The van der Waals surface area contributed by atoms with Crippen LogP contribution in [0.25, 0.3) is 0 Å². The van der Waals surface area contributed by atoms with Gasteiger partial charge in [-0.25, -0.2) is 14.7 Å². The highest BCUT2D eigenvalue weighted by atomic mass is 15.4. The largest absolute Gasteiger partial charge is 0.354 e. The molecule has 1 atom stereocenters. The molecule has 1 unspecified atom stereocenters. The van der Waals surface area contributed by atoms with Crippen molar-refractivity contribution in [3.8, 4) is 0 Å². The average Bonchev–Trinajstić information content (AvgIpc) is 3.48. The minimum atomic E-state index is -0.131. The fourth-order valence-corrected chi connectivity index (χ4v) is 3.56. The highest BCUT2D eigenvalue weighted by Gasteiger charge is 2.26. The number of hydrogen-bond acceptors (Lipinski definition) is 7. The summed E-state index contributed by atoms with van der Waals surface area (Å²) < 4.78 is 1.95. The van der Waals surface area contributed by atoms with Gasteiger partial charge in [0.2, 0.25) is 5.95 Å². The Kier molecular flexibility index (Phi) is 4.48. The molecule has 2 aromatic rings. The molecule has 0 radical (unpaired) electrons. The lowest BCUT2D eigenvalue weighted by Crippen LogP contribution is -2.48. The standard InChI is InChI=1S/C20H26N8/c1-26-9-11-27(12-10-26)18-13-17(22-19(24-18)15-5-3-2-4-6-15)23-20-21-14-28(25-20)16-7-8-16/h2-6,13-14,16,19,22H,7-12H2,1H3,(H,23,25). The van der Waals surface area contributed by atoms with Gasteiger partial charge in [0.15, 0.2) is 0 Å². The van der Waals surface area contributed by atoms with Gasteiger partial charge in [0.1, 0.15) is 24.1 Å². The van der Waals surface area contributed by atoms with Crippen LogP contribution < -0.4 is 10.6 Å². The summed E-state index contributed by atoms with van der Waals surface area (Å²) in [4.78, 5) is 14.1. The van der Waals surface area contributed by atoms with Crippen LogP contribution in [0.3, 0.4) is 0 Å². The van der Waals surface area contributed by atoms with Gasteiger partial charge in [-0.3, -0.25) is 0 Å². The minimum Gasteiger partial charge on any atom is -0.354 e. The molecular formula is C20H26N8. The van der Waals surface area contributed by atoms with E-state index in [0.29, 0.717) is 12.0 Å². The predicted octanol–water partition coefficient (Wildman–Crippen LogP) is 1.81. The Morgan fingerprint density at radius 3 is 2.61 bits per heavy atom. The zero-order valence-corrected chi connectivity index (χ0v) is 16.1. The second kappa shape index (κ2) is 7.27. The van der Waals surface area contributed by atoms with Crippen molar-refractivity contribution in [3.05, 3.63) is 54.1 Å². The van der Waals surface area contributed by atoms with E-state index in [2.05, 4.69) is 55.8 Å². The summed E-state index contributed by atoms with van der Waals surface area (Å²) in [6, 6.07) is 10.9. The van der Waals surface area contributed by atoms with Crippen LogP contribution in [0.2, 0.25) is 0 Å². The third kappa shape index (κ3) is 3.73. The Morgan fingerprint density at radius 1 is 1.07 bits per heavy atom. The number of hydrogen-bond donors (Lipinski definition) is 2. The molecule has 0 amide bonds. The number of amidine groups is 1. The fraction of sp³-hybridized carbons (Fsp3) is 0.450. The third-order valence-electron chi connectivity index (χ3n) is 5.45. The van der Waals surface area contributed by atoms with E-state index in [0.717, 1.165) is 43.4 Å². The van der Waals surface area contributed by atoms with Crippen LogP contribution in [0.1, 0.15) is 30.6 Å². The van der Waals surface area contributed by atoms with Crippen LogP contribution >= 0.6 is 0 Å². The van der Waals surface area contributed by atoms with Gasteiger partial charge >= 0.3 is 0 Å². The number of rotatable bonds is 4. The molecule has 1 saturated heterocycles. The van der Waals surface area contributed by atoms with Gasteiger partial charge < -0.3 is 20.4 Å². The summed E-state index contributed by atoms with van der Waals surface area (Å²) in [5.74, 6) is 2.51. The number of aromatic nitrogens is 3. The molecule has 3 heterocycles. The highest BCUT2D eigenvalue weighted by molar-refractivity contribution is 5.94. The molecule has 1 aromatic heterocycles. The van der Waals surface area contributed by atoms with Gasteiger partial charge in [0.25, 0.3) is 0 Å². The van der Waals surface area contributed by atoms with Gasteiger partial charge in [0, 0.05) is 32.3 Å². The lowest BCUT2D eigenvalue weighted by molar-refractivity contribution is 0.215. The van der Waals surface area contributed by atoms with Crippen LogP contribution in [-0.2, 0) is 0 Å². The molecule has 0 bridgehead atoms. The van der Waals surface area contributed by atoms with E-state index in [4.69, 9.17) is 4.99 Å². The lowest BCUT2D eigenvalue weighted by atomic mass is 10.1. The first-order valence-corrected chi connectivity index (χ1v) is 9.97. The maximum atomic E-state index is 4.99. The summed E-state index contributed by atoms with van der Waals surface area (Å²) in [7, 11) is 2.17. The molecule has 146 valence electrons. The molecule has 5 rings (SSSR count). The van der Waals surface area contributed by atoms with Crippen molar-refractivity contribution in [1.29, 1.82) is 0 Å². The van der Waals surface area contributed by atoms with Crippen LogP contribution in [0.5, 0.6) is 0 Å². The normalized spacial score (nSPS) is 23.0. The predicted molar refractivity (Wildman–Crippen MR) is 109 cm³/mol. The molecule has 8 heteroatoms. The summed E-state index contributed by atoms with van der Waals surface area (Å²) >= 11 is 0. The number of aliphatic imine (C=N–C) groups is 1. The van der Waals surface area contributed by atoms with Crippen molar-refractivity contribution in [1.82, 2.24) is 29.9 Å². The van der Waals surface area contributed by atoms with Crippen molar-refractivity contribution in [2.75, 3.05) is 38.5 Å². The van der Waals surface area contributed by atoms with Gasteiger partial charge in [-0.05, 0) is 25.5 Å². The quantitative estimate of drug-likeness (QED) is 0.845. The van der Waals surface area contributed by atoms with Crippen molar-refractivity contribution in [2.24, 2.45) is 4.99 Å². The smallest absolute Gasteiger partial charge is 0.247 e.